The van der Waals surface area contributed by atoms with E-state index in [1.807, 2.05) is 6.92 Å². The van der Waals surface area contributed by atoms with Gasteiger partial charge in [0, 0.05) is 11.6 Å². The molecule has 0 atom stereocenters. The summed E-state index contributed by atoms with van der Waals surface area (Å²) < 4.78 is 38.9. The predicted octanol–water partition coefficient (Wildman–Crippen LogP) is 3.24. The highest BCUT2D eigenvalue weighted by atomic mass is 19.2. The Morgan fingerprint density at radius 2 is 2.00 bits per heavy atom. The van der Waals surface area contributed by atoms with Gasteiger partial charge in [0.1, 0.15) is 0 Å². The summed E-state index contributed by atoms with van der Waals surface area (Å²) in [5.41, 5.74) is -0.196. The van der Waals surface area contributed by atoms with Gasteiger partial charge in [-0.1, -0.05) is 6.92 Å². The van der Waals surface area contributed by atoms with Crippen LogP contribution in [0.5, 0.6) is 0 Å². The number of hydrogen-bond acceptors (Lipinski definition) is 2. The zero-order chi connectivity index (χ0) is 11.8. The maximum absolute atomic E-state index is 13.3. The minimum Gasteiger partial charge on any atom is -0.362 e. The van der Waals surface area contributed by atoms with Crippen molar-refractivity contribution in [3.8, 4) is 0 Å². The summed E-state index contributed by atoms with van der Waals surface area (Å²) in [6, 6.07) is 0.521. The second kappa shape index (κ2) is 3.96. The molecular weight excluding hydrogens is 217 g/mol. The molecule has 88 valence electrons. The summed E-state index contributed by atoms with van der Waals surface area (Å²) >= 11 is 0. The van der Waals surface area contributed by atoms with Crippen LogP contribution >= 0.6 is 0 Å². The lowest BCUT2D eigenvalue weighted by atomic mass is 9.75. The van der Waals surface area contributed by atoms with Crippen molar-refractivity contribution in [1.29, 1.82) is 0 Å². The van der Waals surface area contributed by atoms with E-state index >= 15 is 0 Å². The molecule has 0 aliphatic heterocycles. The van der Waals surface area contributed by atoms with Crippen molar-refractivity contribution in [2.24, 2.45) is 0 Å². The third-order valence-electron chi connectivity index (χ3n) is 3.26. The molecule has 1 saturated carbocycles. The number of pyridine rings is 1. The first-order valence-corrected chi connectivity index (χ1v) is 5.36. The third-order valence-corrected chi connectivity index (χ3v) is 3.26. The van der Waals surface area contributed by atoms with E-state index in [4.69, 9.17) is 0 Å². The van der Waals surface area contributed by atoms with E-state index in [0.717, 1.165) is 25.7 Å². The van der Waals surface area contributed by atoms with E-state index in [0.29, 0.717) is 6.07 Å². The lowest BCUT2D eigenvalue weighted by Gasteiger charge is -2.42. The molecule has 1 aromatic heterocycles. The van der Waals surface area contributed by atoms with Crippen LogP contribution in [-0.2, 0) is 0 Å². The maximum atomic E-state index is 13.3. The van der Waals surface area contributed by atoms with Crippen LogP contribution in [0.3, 0.4) is 0 Å². The van der Waals surface area contributed by atoms with E-state index in [-0.39, 0.29) is 11.4 Å². The molecule has 1 aliphatic rings. The van der Waals surface area contributed by atoms with Gasteiger partial charge in [-0.05, 0) is 25.7 Å². The summed E-state index contributed by atoms with van der Waals surface area (Å²) in [7, 11) is 0. The van der Waals surface area contributed by atoms with E-state index in [2.05, 4.69) is 10.3 Å². The van der Waals surface area contributed by atoms with Crippen molar-refractivity contribution in [3.63, 3.8) is 0 Å². The summed E-state index contributed by atoms with van der Waals surface area (Å²) in [5, 5.41) is 2.89. The second-order valence-corrected chi connectivity index (χ2v) is 4.20. The summed E-state index contributed by atoms with van der Waals surface area (Å²) in [5.74, 6) is -3.57. The molecule has 1 fully saturated rings. The fourth-order valence-corrected chi connectivity index (χ4v) is 1.95. The lowest BCUT2D eigenvalue weighted by Crippen LogP contribution is -2.44. The van der Waals surface area contributed by atoms with E-state index in [1.54, 1.807) is 0 Å². The molecule has 0 saturated heterocycles. The number of hydrogen-bond donors (Lipinski definition) is 1. The quantitative estimate of drug-likeness (QED) is 0.806. The molecule has 5 heteroatoms. The normalized spacial score (nSPS) is 18.0. The highest BCUT2D eigenvalue weighted by Crippen LogP contribution is 2.38. The molecule has 0 radical (unpaired) electrons. The second-order valence-electron chi connectivity index (χ2n) is 4.20. The van der Waals surface area contributed by atoms with E-state index in [9.17, 15) is 13.2 Å². The molecule has 0 spiro atoms. The number of nitrogens with one attached hydrogen (secondary N) is 1. The van der Waals surface area contributed by atoms with Gasteiger partial charge in [-0.3, -0.25) is 0 Å². The zero-order valence-corrected chi connectivity index (χ0v) is 8.99. The Hall–Kier alpha value is -1.26. The molecule has 16 heavy (non-hydrogen) atoms. The molecular formula is C11H13F3N2. The van der Waals surface area contributed by atoms with Crippen molar-refractivity contribution in [2.45, 2.75) is 38.1 Å². The predicted molar refractivity (Wildman–Crippen MR) is 54.6 cm³/mol. The van der Waals surface area contributed by atoms with Gasteiger partial charge < -0.3 is 5.32 Å². The maximum Gasteiger partial charge on any atom is 0.251 e. The van der Waals surface area contributed by atoms with Gasteiger partial charge in [-0.15, -0.1) is 0 Å². The van der Waals surface area contributed by atoms with Crippen LogP contribution in [0, 0.1) is 17.6 Å². The highest BCUT2D eigenvalue weighted by molar-refractivity contribution is 5.40. The molecule has 1 aliphatic carbocycles. The van der Waals surface area contributed by atoms with Crippen LogP contribution in [-0.4, -0.2) is 10.5 Å². The largest absolute Gasteiger partial charge is 0.362 e. The minimum absolute atomic E-state index is 0.194. The molecule has 0 bridgehead atoms. The van der Waals surface area contributed by atoms with Gasteiger partial charge in [0.15, 0.2) is 17.5 Å². The van der Waals surface area contributed by atoms with Crippen LogP contribution in [0.1, 0.15) is 32.6 Å². The number of rotatable bonds is 3. The lowest BCUT2D eigenvalue weighted by molar-refractivity contribution is 0.267. The minimum atomic E-state index is -1.27. The molecule has 0 unspecified atom stereocenters. The average molecular weight is 230 g/mol. The zero-order valence-electron chi connectivity index (χ0n) is 8.99. The Morgan fingerprint density at radius 3 is 2.50 bits per heavy atom. The first kappa shape index (κ1) is 11.2. The fourth-order valence-electron chi connectivity index (χ4n) is 1.95. The van der Waals surface area contributed by atoms with Crippen molar-refractivity contribution >= 4 is 5.82 Å². The van der Waals surface area contributed by atoms with Crippen molar-refractivity contribution in [1.82, 2.24) is 4.98 Å². The van der Waals surface area contributed by atoms with E-state index < -0.39 is 17.6 Å². The smallest absolute Gasteiger partial charge is 0.251 e. The molecule has 0 amide bonds. The number of anilines is 1. The Morgan fingerprint density at radius 1 is 1.31 bits per heavy atom. The Kier molecular flexibility index (Phi) is 2.78. The van der Waals surface area contributed by atoms with Crippen LogP contribution in [0.2, 0.25) is 0 Å². The van der Waals surface area contributed by atoms with Crippen LogP contribution in [0.4, 0.5) is 19.0 Å². The number of aromatic nitrogens is 1. The van der Waals surface area contributed by atoms with Gasteiger partial charge in [0.05, 0.1) is 0 Å². The molecule has 0 aromatic carbocycles. The third kappa shape index (κ3) is 1.86. The fraction of sp³-hybridized carbons (Fsp3) is 0.545. The van der Waals surface area contributed by atoms with Gasteiger partial charge in [-0.25, -0.2) is 8.78 Å². The SMILES string of the molecule is CCC1(Nc2nc(F)c(F)cc2F)CCC1. The topological polar surface area (TPSA) is 24.9 Å². The average Bonchev–Trinajstić information content (AvgIpc) is 2.19. The Bertz CT molecular complexity index is 397. The number of nitrogens with zero attached hydrogens (tertiary/aromatic N) is 1. The van der Waals surface area contributed by atoms with Gasteiger partial charge in [0.2, 0.25) is 0 Å². The van der Waals surface area contributed by atoms with Crippen LogP contribution in [0.25, 0.3) is 0 Å². The Balaban J connectivity index is 2.24. The van der Waals surface area contributed by atoms with Gasteiger partial charge >= 0.3 is 0 Å². The van der Waals surface area contributed by atoms with Gasteiger partial charge in [0.25, 0.3) is 5.95 Å². The molecule has 2 nitrogen and oxygen atoms in total. The highest BCUT2D eigenvalue weighted by Gasteiger charge is 2.36. The molecule has 2 rings (SSSR count). The molecule has 1 N–H and O–H groups in total. The number of halogens is 3. The van der Waals surface area contributed by atoms with E-state index in [1.165, 1.54) is 0 Å². The standard InChI is InChI=1S/C11H13F3N2/c1-2-11(4-3-5-11)16-10-8(13)6-7(12)9(14)15-10/h6H,2-5H2,1H3,(H,15,16). The first-order chi connectivity index (χ1) is 7.56. The summed E-state index contributed by atoms with van der Waals surface area (Å²) in [6.45, 7) is 1.98. The van der Waals surface area contributed by atoms with Crippen molar-refractivity contribution < 1.29 is 13.2 Å². The van der Waals surface area contributed by atoms with Crippen molar-refractivity contribution in [3.05, 3.63) is 23.6 Å². The first-order valence-electron chi connectivity index (χ1n) is 5.36. The van der Waals surface area contributed by atoms with Crippen LogP contribution < -0.4 is 5.32 Å². The van der Waals surface area contributed by atoms with Crippen molar-refractivity contribution in [2.75, 3.05) is 5.32 Å². The summed E-state index contributed by atoms with van der Waals surface area (Å²) in [4.78, 5) is 3.26. The monoisotopic (exact) mass is 230 g/mol. The summed E-state index contributed by atoms with van der Waals surface area (Å²) in [6.07, 6.45) is 3.69. The molecule has 1 aromatic rings. The Labute approximate surface area is 91.9 Å². The van der Waals surface area contributed by atoms with Gasteiger partial charge in [-0.2, -0.15) is 9.37 Å². The van der Waals surface area contributed by atoms with Crippen LogP contribution in [0.15, 0.2) is 6.07 Å². The molecule has 1 heterocycles.